The molecule has 4 heteroatoms. The number of rotatable bonds is 3. The van der Waals surface area contributed by atoms with Crippen LogP contribution < -0.4 is 5.73 Å². The standard InChI is InChI=1S/C12H15N3O/c1-15-12(13)10(8-14-15)11(16)7-9-5-3-2-4-6-9/h2-6,8,11,16H,7,13H2,1H3. The van der Waals surface area contributed by atoms with Crippen molar-refractivity contribution in [3.8, 4) is 0 Å². The second kappa shape index (κ2) is 4.37. The molecule has 0 fully saturated rings. The molecule has 16 heavy (non-hydrogen) atoms. The Hall–Kier alpha value is -1.81. The molecule has 0 aliphatic carbocycles. The number of anilines is 1. The zero-order chi connectivity index (χ0) is 11.5. The third-order valence-electron chi connectivity index (χ3n) is 2.65. The van der Waals surface area contributed by atoms with Crippen molar-refractivity contribution in [2.75, 3.05) is 5.73 Å². The Morgan fingerprint density at radius 2 is 2.06 bits per heavy atom. The number of nitrogens with two attached hydrogens (primary N) is 1. The molecule has 1 aromatic heterocycles. The van der Waals surface area contributed by atoms with Gasteiger partial charge in [-0.25, -0.2) is 0 Å². The summed E-state index contributed by atoms with van der Waals surface area (Å²) in [4.78, 5) is 0. The molecular formula is C12H15N3O. The van der Waals surface area contributed by atoms with E-state index in [0.29, 0.717) is 17.8 Å². The summed E-state index contributed by atoms with van der Waals surface area (Å²) in [5.74, 6) is 0.517. The van der Waals surface area contributed by atoms with Crippen LogP contribution in [-0.2, 0) is 13.5 Å². The second-order valence-electron chi connectivity index (χ2n) is 3.81. The number of nitrogens with zero attached hydrogens (tertiary/aromatic N) is 2. The highest BCUT2D eigenvalue weighted by molar-refractivity contribution is 5.40. The number of aromatic nitrogens is 2. The van der Waals surface area contributed by atoms with E-state index in [1.807, 2.05) is 30.3 Å². The molecule has 4 nitrogen and oxygen atoms in total. The van der Waals surface area contributed by atoms with Crippen molar-refractivity contribution in [2.45, 2.75) is 12.5 Å². The third kappa shape index (κ3) is 2.06. The van der Waals surface area contributed by atoms with Gasteiger partial charge in [-0.3, -0.25) is 4.68 Å². The number of aryl methyl sites for hydroxylation is 1. The van der Waals surface area contributed by atoms with Crippen LogP contribution in [0.2, 0.25) is 0 Å². The van der Waals surface area contributed by atoms with Gasteiger partial charge in [0.15, 0.2) is 0 Å². The molecule has 0 spiro atoms. The van der Waals surface area contributed by atoms with E-state index in [-0.39, 0.29) is 0 Å². The molecule has 84 valence electrons. The van der Waals surface area contributed by atoms with Crippen molar-refractivity contribution in [1.29, 1.82) is 0 Å². The monoisotopic (exact) mass is 217 g/mol. The van der Waals surface area contributed by atoms with E-state index in [1.165, 1.54) is 0 Å². The fraction of sp³-hybridized carbons (Fsp3) is 0.250. The van der Waals surface area contributed by atoms with Crippen LogP contribution in [0, 0.1) is 0 Å². The van der Waals surface area contributed by atoms with Crippen LogP contribution in [0.5, 0.6) is 0 Å². The number of hydrogen-bond donors (Lipinski definition) is 2. The van der Waals surface area contributed by atoms with Crippen molar-refractivity contribution in [1.82, 2.24) is 9.78 Å². The summed E-state index contributed by atoms with van der Waals surface area (Å²) in [6, 6.07) is 9.82. The molecule has 0 aliphatic heterocycles. The minimum Gasteiger partial charge on any atom is -0.388 e. The van der Waals surface area contributed by atoms with Crippen molar-refractivity contribution < 1.29 is 5.11 Å². The first-order chi connectivity index (χ1) is 7.68. The summed E-state index contributed by atoms with van der Waals surface area (Å²) in [5, 5.41) is 14.0. The summed E-state index contributed by atoms with van der Waals surface area (Å²) in [6.45, 7) is 0. The summed E-state index contributed by atoms with van der Waals surface area (Å²) in [6.07, 6.45) is 1.57. The molecule has 2 aromatic rings. The first-order valence-corrected chi connectivity index (χ1v) is 5.18. The Balaban J connectivity index is 2.15. The number of benzene rings is 1. The highest BCUT2D eigenvalue weighted by atomic mass is 16.3. The van der Waals surface area contributed by atoms with E-state index in [4.69, 9.17) is 5.73 Å². The van der Waals surface area contributed by atoms with Gasteiger partial charge >= 0.3 is 0 Å². The zero-order valence-corrected chi connectivity index (χ0v) is 9.17. The average Bonchev–Trinajstić information content (AvgIpc) is 2.61. The maximum atomic E-state index is 10.0. The molecule has 0 bridgehead atoms. The van der Waals surface area contributed by atoms with Gasteiger partial charge in [-0.05, 0) is 5.56 Å². The summed E-state index contributed by atoms with van der Waals surface area (Å²) in [7, 11) is 1.76. The van der Waals surface area contributed by atoms with Gasteiger partial charge in [0.05, 0.1) is 12.3 Å². The Kier molecular flexibility index (Phi) is 2.92. The number of aliphatic hydroxyl groups excluding tert-OH is 1. The minimum atomic E-state index is -0.601. The maximum Gasteiger partial charge on any atom is 0.127 e. The van der Waals surface area contributed by atoms with E-state index in [1.54, 1.807) is 17.9 Å². The van der Waals surface area contributed by atoms with Crippen LogP contribution in [0.4, 0.5) is 5.82 Å². The molecule has 2 rings (SSSR count). The van der Waals surface area contributed by atoms with Crippen LogP contribution in [0.1, 0.15) is 17.2 Å². The fourth-order valence-corrected chi connectivity index (χ4v) is 1.67. The lowest BCUT2D eigenvalue weighted by molar-refractivity contribution is 0.179. The topological polar surface area (TPSA) is 64.1 Å². The van der Waals surface area contributed by atoms with Crippen molar-refractivity contribution >= 4 is 5.82 Å². The van der Waals surface area contributed by atoms with Crippen LogP contribution in [0.15, 0.2) is 36.5 Å². The molecule has 0 saturated heterocycles. The maximum absolute atomic E-state index is 10.0. The second-order valence-corrected chi connectivity index (χ2v) is 3.81. The van der Waals surface area contributed by atoms with Crippen LogP contribution in [0.3, 0.4) is 0 Å². The number of aliphatic hydroxyl groups is 1. The molecule has 1 unspecified atom stereocenters. The lowest BCUT2D eigenvalue weighted by atomic mass is 10.0. The predicted molar refractivity (Wildman–Crippen MR) is 62.7 cm³/mol. The Labute approximate surface area is 94.3 Å². The van der Waals surface area contributed by atoms with E-state index in [2.05, 4.69) is 5.10 Å². The first-order valence-electron chi connectivity index (χ1n) is 5.18. The predicted octanol–water partition coefficient (Wildman–Crippen LogP) is 1.28. The minimum absolute atomic E-state index is 0.517. The summed E-state index contributed by atoms with van der Waals surface area (Å²) < 4.78 is 1.56. The molecule has 1 heterocycles. The fourth-order valence-electron chi connectivity index (χ4n) is 1.67. The summed E-state index contributed by atoms with van der Waals surface area (Å²) >= 11 is 0. The van der Waals surface area contributed by atoms with Gasteiger partial charge in [0.25, 0.3) is 0 Å². The van der Waals surface area contributed by atoms with Crippen LogP contribution in [-0.4, -0.2) is 14.9 Å². The van der Waals surface area contributed by atoms with E-state index in [0.717, 1.165) is 5.56 Å². The summed E-state index contributed by atoms with van der Waals surface area (Å²) in [5.41, 5.74) is 7.57. The first kappa shape index (κ1) is 10.7. The number of nitrogen functional groups attached to an aromatic ring is 1. The molecule has 0 saturated carbocycles. The van der Waals surface area contributed by atoms with E-state index < -0.39 is 6.10 Å². The van der Waals surface area contributed by atoms with Gasteiger partial charge in [-0.15, -0.1) is 0 Å². The number of hydrogen-bond acceptors (Lipinski definition) is 3. The molecule has 0 radical (unpaired) electrons. The average molecular weight is 217 g/mol. The Bertz CT molecular complexity index is 464. The van der Waals surface area contributed by atoms with Crippen LogP contribution >= 0.6 is 0 Å². The van der Waals surface area contributed by atoms with Gasteiger partial charge < -0.3 is 10.8 Å². The largest absolute Gasteiger partial charge is 0.388 e. The lowest BCUT2D eigenvalue weighted by Crippen LogP contribution is -2.05. The van der Waals surface area contributed by atoms with Crippen LogP contribution in [0.25, 0.3) is 0 Å². The van der Waals surface area contributed by atoms with Crippen molar-refractivity contribution in [2.24, 2.45) is 7.05 Å². The quantitative estimate of drug-likeness (QED) is 0.814. The Morgan fingerprint density at radius 1 is 1.38 bits per heavy atom. The van der Waals surface area contributed by atoms with Gasteiger partial charge in [0.1, 0.15) is 5.82 Å². The van der Waals surface area contributed by atoms with Crippen molar-refractivity contribution in [3.63, 3.8) is 0 Å². The SMILES string of the molecule is Cn1ncc(C(O)Cc2ccccc2)c1N. The molecular weight excluding hydrogens is 202 g/mol. The van der Waals surface area contributed by atoms with Gasteiger partial charge in [0.2, 0.25) is 0 Å². The van der Waals surface area contributed by atoms with Gasteiger partial charge in [-0.2, -0.15) is 5.10 Å². The molecule has 1 aromatic carbocycles. The molecule has 1 atom stereocenters. The highest BCUT2D eigenvalue weighted by Crippen LogP contribution is 2.22. The van der Waals surface area contributed by atoms with Crippen molar-refractivity contribution in [3.05, 3.63) is 47.7 Å². The van der Waals surface area contributed by atoms with Gasteiger partial charge in [-0.1, -0.05) is 30.3 Å². The normalized spacial score (nSPS) is 12.6. The molecule has 0 aliphatic rings. The zero-order valence-electron chi connectivity index (χ0n) is 9.17. The molecule has 0 amide bonds. The highest BCUT2D eigenvalue weighted by Gasteiger charge is 2.14. The Morgan fingerprint density at radius 3 is 2.62 bits per heavy atom. The lowest BCUT2D eigenvalue weighted by Gasteiger charge is -2.09. The van der Waals surface area contributed by atoms with E-state index >= 15 is 0 Å². The van der Waals surface area contributed by atoms with Gasteiger partial charge in [0, 0.05) is 19.0 Å². The van der Waals surface area contributed by atoms with E-state index in [9.17, 15) is 5.11 Å². The third-order valence-corrected chi connectivity index (χ3v) is 2.65. The molecule has 3 N–H and O–H groups in total. The smallest absolute Gasteiger partial charge is 0.127 e.